The first-order valence-corrected chi connectivity index (χ1v) is 19.3. The van der Waals surface area contributed by atoms with Gasteiger partial charge in [-0.2, -0.15) is 24.9 Å². The van der Waals surface area contributed by atoms with E-state index < -0.39 is 76.3 Å². The summed E-state index contributed by atoms with van der Waals surface area (Å²) in [5, 5.41) is 24.0. The Kier molecular flexibility index (Phi) is 24.6. The third-order valence-corrected chi connectivity index (χ3v) is 14.3. The van der Waals surface area contributed by atoms with Gasteiger partial charge in [-0.05, 0) is 13.9 Å². The van der Waals surface area contributed by atoms with Gasteiger partial charge in [-0.25, -0.2) is 15.0 Å². The Hall–Kier alpha value is 3.75. The van der Waals surface area contributed by atoms with E-state index in [9.17, 15) is 56.7 Å². The van der Waals surface area contributed by atoms with Crippen LogP contribution in [0, 0.1) is 0 Å². The zero-order valence-electron chi connectivity index (χ0n) is 25.7. The molecule has 0 aromatic carbocycles. The number of halogens is 5. The minimum Gasteiger partial charge on any atom is -0.808 e. The van der Waals surface area contributed by atoms with Crippen molar-refractivity contribution >= 4 is 86.7 Å². The fourth-order valence-electron chi connectivity index (χ4n) is 3.42. The van der Waals surface area contributed by atoms with E-state index in [0.717, 1.165) is 10.9 Å². The smallest absolute Gasteiger partial charge is 0.808 e. The van der Waals surface area contributed by atoms with Gasteiger partial charge in [-0.15, -0.1) is 0 Å². The first kappa shape index (κ1) is 53.9. The zero-order chi connectivity index (χ0) is 33.3. The van der Waals surface area contributed by atoms with Gasteiger partial charge in [0.25, 0.3) is 7.82 Å². The number of hydrogen-bond donors (Lipinski definition) is 3. The molecular weight excluding hydrogens is 843 g/mol. The molecule has 17 nitrogen and oxygen atoms in total. The van der Waals surface area contributed by atoms with E-state index in [0.29, 0.717) is 24.1 Å². The van der Waals surface area contributed by atoms with Gasteiger partial charge in [0.15, 0.2) is 36.0 Å². The van der Waals surface area contributed by atoms with Crippen molar-refractivity contribution in [3.05, 3.63) is 6.33 Å². The molecule has 0 spiro atoms. The topological polar surface area (TPSA) is 267 Å². The van der Waals surface area contributed by atoms with Crippen molar-refractivity contribution in [3.63, 3.8) is 0 Å². The molecule has 0 amide bonds. The van der Waals surface area contributed by atoms with Crippen molar-refractivity contribution in [2.24, 2.45) is 0 Å². The predicted molar refractivity (Wildman–Crippen MR) is 144 cm³/mol. The Labute approximate surface area is 378 Å². The fraction of sp³-hybridized carbons (Fsp3) is 0.706. The number of phosphoric acid groups is 1. The molecule has 2 aromatic heterocycles. The molecule has 0 saturated carbocycles. The van der Waals surface area contributed by atoms with Crippen LogP contribution in [0.1, 0.15) is 12.6 Å². The second kappa shape index (κ2) is 21.9. The summed E-state index contributed by atoms with van der Waals surface area (Å²) in [4.78, 5) is 58.6. The average Bonchev–Trinajstić information content (AvgIpc) is 3.41. The Bertz CT molecular complexity index is 1490. The van der Waals surface area contributed by atoms with Crippen molar-refractivity contribution in [2.45, 2.75) is 46.1 Å². The van der Waals surface area contributed by atoms with Crippen molar-refractivity contribution in [2.75, 3.05) is 36.2 Å². The maximum atomic E-state index is 12.7. The average molecular weight is 864 g/mol. The van der Waals surface area contributed by atoms with Gasteiger partial charge in [0.1, 0.15) is 18.3 Å². The molecule has 2 aromatic rings. The number of nitrogens with one attached hydrogen (secondary N) is 1. The summed E-state index contributed by atoms with van der Waals surface area (Å²) in [6, 6.07) is 0. The monoisotopic (exact) mass is 863 g/mol. The van der Waals surface area contributed by atoms with E-state index in [-0.39, 0.29) is 140 Å². The Morgan fingerprint density at radius 3 is 2.21 bits per heavy atom. The maximum Gasteiger partial charge on any atom is 1.00 e. The number of hydrogen-bond acceptors (Lipinski definition) is 18. The third kappa shape index (κ3) is 14.4. The number of anilines is 1. The minimum atomic E-state index is -6.40. The molecule has 6 atom stereocenters. The molecule has 1 fully saturated rings. The normalized spacial score (nSPS) is 22.3. The molecule has 3 rings (SSSR count). The molecule has 3 N–H and O–H groups in total. The molecule has 31 heteroatoms. The number of aliphatic hydroxyl groups is 2. The summed E-state index contributed by atoms with van der Waals surface area (Å²) < 4.78 is 83.4. The molecule has 1 aliphatic heterocycles. The van der Waals surface area contributed by atoms with E-state index in [1.165, 1.54) is 11.8 Å². The first-order valence-electron chi connectivity index (χ1n) is 11.7. The molecule has 3 heterocycles. The van der Waals surface area contributed by atoms with Gasteiger partial charge >= 0.3 is 124 Å². The fourth-order valence-corrected chi connectivity index (χ4v) is 8.59. The van der Waals surface area contributed by atoms with Crippen molar-refractivity contribution in [1.29, 1.82) is 0 Å². The van der Waals surface area contributed by atoms with E-state index in [4.69, 9.17) is 27.9 Å². The number of imidazole rings is 1. The summed E-state index contributed by atoms with van der Waals surface area (Å²) in [7, 11) is -18.8. The second-order valence-electron chi connectivity index (χ2n) is 8.69. The van der Waals surface area contributed by atoms with Crippen LogP contribution in [0.4, 0.5) is 19.0 Å². The summed E-state index contributed by atoms with van der Waals surface area (Å²) in [5.74, 6) is 0.351. The molecule has 1 aliphatic rings. The van der Waals surface area contributed by atoms with Crippen LogP contribution in [-0.4, -0.2) is 88.9 Å². The van der Waals surface area contributed by atoms with Crippen LogP contribution >= 0.6 is 69.7 Å². The molecule has 1 saturated heterocycles. The summed E-state index contributed by atoms with van der Waals surface area (Å²) in [6.07, 6.45) is -9.61. The molecule has 0 aliphatic carbocycles. The molecule has 0 radical (unpaired) electrons. The van der Waals surface area contributed by atoms with Crippen LogP contribution in [0.3, 0.4) is 0 Å². The summed E-state index contributed by atoms with van der Waals surface area (Å²) in [6.45, 7) is -0.835. The number of nitrogens with zero attached hydrogens (tertiary/aromatic N) is 4. The van der Waals surface area contributed by atoms with Crippen LogP contribution < -0.4 is 143 Å². The largest absolute Gasteiger partial charge is 1.00 e. The number of rotatable bonds is 15. The number of alkyl halides is 5. The predicted octanol–water partition coefficient (Wildman–Crippen LogP) is -11.7. The van der Waals surface area contributed by atoms with E-state index in [2.05, 4.69) is 29.1 Å². The molecule has 48 heavy (non-hydrogen) atoms. The Morgan fingerprint density at radius 1 is 1.06 bits per heavy atom. The van der Waals surface area contributed by atoms with Crippen molar-refractivity contribution in [3.8, 4) is 0 Å². The van der Waals surface area contributed by atoms with Crippen LogP contribution in [-0.2, 0) is 27.3 Å². The number of ether oxygens (including phenoxy) is 1. The van der Waals surface area contributed by atoms with Gasteiger partial charge < -0.3 is 53.5 Å². The third-order valence-electron chi connectivity index (χ3n) is 5.49. The van der Waals surface area contributed by atoms with Gasteiger partial charge in [0.05, 0.1) is 19.4 Å². The van der Waals surface area contributed by atoms with Crippen LogP contribution in [0.25, 0.3) is 11.2 Å². The standard InChI is InChI=1S/C17H25Cl2F3N5O12P3S2.4Na/c1-43-5-3-23-12-9-13(26-15(25-12)44-4-2-16(20,21)22)27(7-24-9)14-11(29)10(28)8(38-14)6-37-42(35,36)39-41(33,34)17(18,19)40(30,31)32;;;;/h7-8,10-11,14,28-29H,2-6H2,1H3,(H,33,34)(H,35,36)(H,23,25,26)(H2,30,31,32);;;;/q;4*+1/p-4. The van der Waals surface area contributed by atoms with Gasteiger partial charge in [-0.1, -0.05) is 35.0 Å². The van der Waals surface area contributed by atoms with Gasteiger partial charge in [-0.3, -0.25) is 13.4 Å². The Morgan fingerprint density at radius 2 is 1.67 bits per heavy atom. The van der Waals surface area contributed by atoms with E-state index >= 15 is 0 Å². The molecule has 0 bridgehead atoms. The van der Waals surface area contributed by atoms with Crippen molar-refractivity contribution < 1.29 is 188 Å². The van der Waals surface area contributed by atoms with Gasteiger partial charge in [0, 0.05) is 18.1 Å². The number of phosphoric ester groups is 1. The molecular formula is C17H21Cl2F3N5Na4O12P3S2. The second-order valence-corrected chi connectivity index (χ2v) is 18.6. The number of thioether (sulfide) groups is 2. The number of aromatic nitrogens is 4. The SMILES string of the molecule is CSCCNc1nc(SCCC(F)(F)F)nc2c1ncn2C1OC(COP(=O)([O-])OP(=O)([O-])C(Cl)(Cl)P(=O)([O-])[O-])C(O)C1O.[Na+].[Na+].[Na+].[Na+]. The summed E-state index contributed by atoms with van der Waals surface area (Å²) >= 11 is 12.2. The minimum absolute atomic E-state index is 0. The zero-order valence-corrected chi connectivity index (χ0v) is 39.6. The molecule has 252 valence electrons. The molecule has 6 unspecified atom stereocenters. The van der Waals surface area contributed by atoms with E-state index in [1.807, 2.05) is 6.26 Å². The maximum absolute atomic E-state index is 12.7. The van der Waals surface area contributed by atoms with Crippen LogP contribution in [0.2, 0.25) is 0 Å². The van der Waals surface area contributed by atoms with E-state index in [1.54, 1.807) is 0 Å². The number of fused-ring (bicyclic) bond motifs is 1. The quantitative estimate of drug-likeness (QED) is 0.0375. The first-order chi connectivity index (χ1) is 20.1. The summed E-state index contributed by atoms with van der Waals surface area (Å²) in [5.41, 5.74) is 0.0592. The van der Waals surface area contributed by atoms with Gasteiger partial charge in [0.2, 0.25) is 3.82 Å². The van der Waals surface area contributed by atoms with Crippen LogP contribution in [0.15, 0.2) is 11.5 Å². The number of aliphatic hydroxyl groups excluding tert-OH is 2. The van der Waals surface area contributed by atoms with Crippen molar-refractivity contribution in [1.82, 2.24) is 19.5 Å². The Balaban J connectivity index is 0. The van der Waals surface area contributed by atoms with Crippen LogP contribution in [0.5, 0.6) is 0 Å².